The molecule has 0 aliphatic rings. The maximum Gasteiger partial charge on any atom is 0.338 e. The van der Waals surface area contributed by atoms with E-state index in [9.17, 15) is 4.79 Å². The van der Waals surface area contributed by atoms with Crippen LogP contribution in [-0.2, 0) is 0 Å². The molecule has 0 aliphatic heterocycles. The highest BCUT2D eigenvalue weighted by molar-refractivity contribution is 6.32. The van der Waals surface area contributed by atoms with Gasteiger partial charge in [-0.25, -0.2) is 4.79 Å². The Morgan fingerprint density at radius 3 is 2.71 bits per heavy atom. The molecule has 1 aromatic carbocycles. The Balaban J connectivity index is 2.54. The molecule has 5 heteroatoms. The summed E-state index contributed by atoms with van der Waals surface area (Å²) >= 11 is 5.66. The van der Waals surface area contributed by atoms with Crippen LogP contribution < -0.4 is 0 Å². The second-order valence-corrected chi connectivity index (χ2v) is 3.97. The van der Waals surface area contributed by atoms with Crippen LogP contribution in [0.1, 0.15) is 15.9 Å². The molecule has 0 amide bonds. The lowest BCUT2D eigenvalue weighted by molar-refractivity contribution is 0.0696. The summed E-state index contributed by atoms with van der Waals surface area (Å²) in [6.45, 7) is 1.95. The van der Waals surface area contributed by atoms with E-state index < -0.39 is 5.97 Å². The highest BCUT2D eigenvalue weighted by Crippen LogP contribution is 2.21. The van der Waals surface area contributed by atoms with Gasteiger partial charge in [0.15, 0.2) is 5.15 Å². The first kappa shape index (κ1) is 11.5. The number of nitrogens with zero attached hydrogens (tertiary/aromatic N) is 2. The summed E-state index contributed by atoms with van der Waals surface area (Å²) in [6.07, 6.45) is 0. The smallest absolute Gasteiger partial charge is 0.338 e. The molecule has 2 aromatic rings. The molecule has 86 valence electrons. The van der Waals surface area contributed by atoms with Crippen molar-refractivity contribution in [2.75, 3.05) is 0 Å². The second kappa shape index (κ2) is 4.51. The van der Waals surface area contributed by atoms with E-state index in [0.29, 0.717) is 5.69 Å². The van der Waals surface area contributed by atoms with Crippen LogP contribution in [0.5, 0.6) is 0 Å². The van der Waals surface area contributed by atoms with Crippen LogP contribution in [0.3, 0.4) is 0 Å². The summed E-state index contributed by atoms with van der Waals surface area (Å²) in [7, 11) is 0. The Morgan fingerprint density at radius 2 is 2.06 bits per heavy atom. The van der Waals surface area contributed by atoms with Gasteiger partial charge < -0.3 is 5.11 Å². The van der Waals surface area contributed by atoms with E-state index in [-0.39, 0.29) is 10.7 Å². The zero-order valence-corrected chi connectivity index (χ0v) is 9.77. The van der Waals surface area contributed by atoms with Crippen LogP contribution in [0.25, 0.3) is 11.3 Å². The van der Waals surface area contributed by atoms with E-state index in [1.54, 1.807) is 0 Å². The average molecular weight is 249 g/mol. The van der Waals surface area contributed by atoms with Gasteiger partial charge in [0.25, 0.3) is 0 Å². The molecule has 4 nitrogen and oxygen atoms in total. The zero-order chi connectivity index (χ0) is 12.4. The molecule has 0 radical (unpaired) electrons. The Morgan fingerprint density at radius 1 is 1.29 bits per heavy atom. The van der Waals surface area contributed by atoms with Crippen molar-refractivity contribution in [2.24, 2.45) is 0 Å². The van der Waals surface area contributed by atoms with Crippen molar-refractivity contribution in [2.45, 2.75) is 6.92 Å². The van der Waals surface area contributed by atoms with Crippen molar-refractivity contribution in [1.82, 2.24) is 10.2 Å². The number of halogens is 1. The van der Waals surface area contributed by atoms with Gasteiger partial charge in [0.05, 0.1) is 5.69 Å². The monoisotopic (exact) mass is 248 g/mol. The van der Waals surface area contributed by atoms with Crippen LogP contribution in [0.15, 0.2) is 30.3 Å². The third-order valence-electron chi connectivity index (χ3n) is 2.29. The summed E-state index contributed by atoms with van der Waals surface area (Å²) < 4.78 is 0. The zero-order valence-electron chi connectivity index (χ0n) is 9.01. The fourth-order valence-electron chi connectivity index (χ4n) is 1.47. The number of carbonyl (C=O) groups is 1. The molecule has 0 saturated carbocycles. The van der Waals surface area contributed by atoms with Gasteiger partial charge in [0.1, 0.15) is 5.56 Å². The van der Waals surface area contributed by atoms with Crippen molar-refractivity contribution in [3.63, 3.8) is 0 Å². The molecular weight excluding hydrogens is 240 g/mol. The molecular formula is C12H9ClN2O2. The summed E-state index contributed by atoms with van der Waals surface area (Å²) in [4.78, 5) is 10.9. The number of aromatic carboxylic acids is 1. The molecule has 0 saturated heterocycles. The van der Waals surface area contributed by atoms with E-state index >= 15 is 0 Å². The molecule has 0 unspecified atom stereocenters. The van der Waals surface area contributed by atoms with Crippen molar-refractivity contribution in [1.29, 1.82) is 0 Å². The third kappa shape index (κ3) is 2.42. The van der Waals surface area contributed by atoms with Crippen LogP contribution >= 0.6 is 11.6 Å². The molecule has 0 spiro atoms. The predicted molar refractivity (Wildman–Crippen MR) is 64.2 cm³/mol. The van der Waals surface area contributed by atoms with Gasteiger partial charge in [-0.05, 0) is 19.1 Å². The Kier molecular flexibility index (Phi) is 3.06. The lowest BCUT2D eigenvalue weighted by atomic mass is 10.1. The van der Waals surface area contributed by atoms with E-state index in [4.69, 9.17) is 16.7 Å². The van der Waals surface area contributed by atoms with Crippen LogP contribution in [-0.4, -0.2) is 21.3 Å². The van der Waals surface area contributed by atoms with E-state index in [1.165, 1.54) is 6.07 Å². The van der Waals surface area contributed by atoms with Crippen molar-refractivity contribution in [3.05, 3.63) is 46.6 Å². The van der Waals surface area contributed by atoms with E-state index in [2.05, 4.69) is 10.2 Å². The SMILES string of the molecule is Cc1cccc(-c2cc(C(=O)O)c(Cl)nn2)c1. The van der Waals surface area contributed by atoms with Gasteiger partial charge in [0, 0.05) is 5.56 Å². The predicted octanol–water partition coefficient (Wildman–Crippen LogP) is 2.80. The van der Waals surface area contributed by atoms with Gasteiger partial charge in [-0.1, -0.05) is 35.4 Å². The quantitative estimate of drug-likeness (QED) is 0.888. The Bertz CT molecular complexity index is 584. The van der Waals surface area contributed by atoms with Gasteiger partial charge in [-0.2, -0.15) is 0 Å². The fourth-order valence-corrected chi connectivity index (χ4v) is 1.65. The molecule has 1 N–H and O–H groups in total. The minimum Gasteiger partial charge on any atom is -0.478 e. The van der Waals surface area contributed by atoms with Crippen LogP contribution in [0, 0.1) is 6.92 Å². The minimum atomic E-state index is -1.11. The summed E-state index contributed by atoms with van der Waals surface area (Å²) in [5.74, 6) is -1.11. The highest BCUT2D eigenvalue weighted by Gasteiger charge is 2.12. The standard InChI is InChI=1S/C12H9ClN2O2/c1-7-3-2-4-8(5-7)10-6-9(12(16)17)11(13)15-14-10/h2-6H,1H3,(H,16,17). The van der Waals surface area contributed by atoms with Crippen LogP contribution in [0.4, 0.5) is 0 Å². The van der Waals surface area contributed by atoms with E-state index in [1.807, 2.05) is 31.2 Å². The van der Waals surface area contributed by atoms with Crippen molar-refractivity contribution < 1.29 is 9.90 Å². The van der Waals surface area contributed by atoms with Crippen molar-refractivity contribution in [3.8, 4) is 11.3 Å². The molecule has 0 fully saturated rings. The summed E-state index contributed by atoms with van der Waals surface area (Å²) in [5, 5.41) is 16.4. The molecule has 0 atom stereocenters. The average Bonchev–Trinajstić information content (AvgIpc) is 2.29. The van der Waals surface area contributed by atoms with Gasteiger partial charge >= 0.3 is 5.97 Å². The molecule has 2 rings (SSSR count). The molecule has 1 aromatic heterocycles. The number of carboxylic acids is 1. The lowest BCUT2D eigenvalue weighted by Crippen LogP contribution is -2.01. The number of carboxylic acid groups (broad SMARTS) is 1. The number of benzene rings is 1. The number of aromatic nitrogens is 2. The molecule has 0 aliphatic carbocycles. The van der Waals surface area contributed by atoms with Gasteiger partial charge in [-0.15, -0.1) is 10.2 Å². The maximum absolute atomic E-state index is 10.9. The highest BCUT2D eigenvalue weighted by atomic mass is 35.5. The number of rotatable bonds is 2. The normalized spacial score (nSPS) is 10.2. The van der Waals surface area contributed by atoms with Gasteiger partial charge in [-0.3, -0.25) is 0 Å². The van der Waals surface area contributed by atoms with E-state index in [0.717, 1.165) is 11.1 Å². The first-order valence-corrected chi connectivity index (χ1v) is 5.29. The van der Waals surface area contributed by atoms with Crippen molar-refractivity contribution >= 4 is 17.6 Å². The molecule has 0 bridgehead atoms. The molecule has 1 heterocycles. The summed E-state index contributed by atoms with van der Waals surface area (Å²) in [6, 6.07) is 9.00. The largest absolute Gasteiger partial charge is 0.478 e. The Labute approximate surface area is 103 Å². The third-order valence-corrected chi connectivity index (χ3v) is 2.57. The maximum atomic E-state index is 10.9. The Hall–Kier alpha value is -1.94. The first-order valence-electron chi connectivity index (χ1n) is 4.91. The lowest BCUT2D eigenvalue weighted by Gasteiger charge is -2.03. The first-order chi connectivity index (χ1) is 8.08. The van der Waals surface area contributed by atoms with Gasteiger partial charge in [0.2, 0.25) is 0 Å². The van der Waals surface area contributed by atoms with Crippen LogP contribution in [0.2, 0.25) is 5.15 Å². The number of aryl methyl sites for hydroxylation is 1. The second-order valence-electron chi connectivity index (χ2n) is 3.61. The molecule has 17 heavy (non-hydrogen) atoms. The number of hydrogen-bond donors (Lipinski definition) is 1. The summed E-state index contributed by atoms with van der Waals surface area (Å²) in [5.41, 5.74) is 2.33. The minimum absolute atomic E-state index is 0.0434. The number of hydrogen-bond acceptors (Lipinski definition) is 3. The fraction of sp³-hybridized carbons (Fsp3) is 0.0833. The topological polar surface area (TPSA) is 63.1 Å².